The highest BCUT2D eigenvalue weighted by Gasteiger charge is 2.56. The van der Waals surface area contributed by atoms with E-state index in [4.69, 9.17) is 0 Å². The van der Waals surface area contributed by atoms with Crippen LogP contribution in [-0.4, -0.2) is 52.8 Å². The number of nitrogens with one attached hydrogen (secondary N) is 1. The molecule has 2 saturated carbocycles. The van der Waals surface area contributed by atoms with Gasteiger partial charge in [0.1, 0.15) is 12.1 Å². The molecule has 2 saturated heterocycles. The van der Waals surface area contributed by atoms with Crippen molar-refractivity contribution in [2.75, 3.05) is 19.6 Å². The molecule has 4 rings (SSSR count). The lowest BCUT2D eigenvalue weighted by Gasteiger charge is -2.33. The smallest absolute Gasteiger partial charge is 0.325 e. The maximum atomic E-state index is 12.7. The number of likely N-dealkylation sites (tertiary alicyclic amines) is 1. The van der Waals surface area contributed by atoms with Crippen LogP contribution in [0, 0.1) is 11.3 Å². The summed E-state index contributed by atoms with van der Waals surface area (Å²) in [6.07, 6.45) is 9.25. The first-order valence-corrected chi connectivity index (χ1v) is 9.35. The summed E-state index contributed by atoms with van der Waals surface area (Å²) in [6, 6.07) is -0.408. The fraction of sp³-hybridized carbons (Fsp3) is 0.833. The van der Waals surface area contributed by atoms with E-state index in [1.165, 1.54) is 32.1 Å². The second-order valence-corrected chi connectivity index (χ2v) is 8.42. The maximum Gasteiger partial charge on any atom is 0.325 e. The highest BCUT2D eigenvalue weighted by Crippen LogP contribution is 2.44. The molecule has 6 heteroatoms. The summed E-state index contributed by atoms with van der Waals surface area (Å²) in [4.78, 5) is 40.5. The molecule has 2 aliphatic carbocycles. The van der Waals surface area contributed by atoms with Crippen molar-refractivity contribution < 1.29 is 14.4 Å². The third-order valence-corrected chi connectivity index (χ3v) is 6.69. The molecule has 4 amide bonds. The number of amides is 4. The van der Waals surface area contributed by atoms with Crippen LogP contribution >= 0.6 is 0 Å². The first kappa shape index (κ1) is 15.9. The number of nitrogens with zero attached hydrogens (tertiary/aromatic N) is 2. The Hall–Kier alpha value is -1.59. The number of imide groups is 1. The summed E-state index contributed by atoms with van der Waals surface area (Å²) in [6.45, 7) is 3.25. The Labute approximate surface area is 142 Å². The lowest BCUT2D eigenvalue weighted by Crippen LogP contribution is -2.47. The molecule has 1 unspecified atom stereocenters. The van der Waals surface area contributed by atoms with E-state index < -0.39 is 11.6 Å². The van der Waals surface area contributed by atoms with E-state index in [1.807, 2.05) is 4.90 Å². The number of carbonyl (C=O) groups is 3. The SMILES string of the molecule is CC1(C2CC2)NC(=O)N(CC(=O)N2CCC3(CCCCC3)C2)C1=O. The third kappa shape index (κ3) is 2.50. The fourth-order valence-electron chi connectivity index (χ4n) is 4.89. The van der Waals surface area contributed by atoms with Gasteiger partial charge in [-0.1, -0.05) is 19.3 Å². The Morgan fingerprint density at radius 3 is 2.54 bits per heavy atom. The molecular formula is C18H27N3O3. The van der Waals surface area contributed by atoms with Crippen LogP contribution in [0.2, 0.25) is 0 Å². The van der Waals surface area contributed by atoms with Crippen LogP contribution in [0.25, 0.3) is 0 Å². The molecule has 2 aliphatic heterocycles. The molecule has 1 N–H and O–H groups in total. The highest BCUT2D eigenvalue weighted by molar-refractivity contribution is 6.09. The van der Waals surface area contributed by atoms with Crippen LogP contribution in [0.15, 0.2) is 0 Å². The Morgan fingerprint density at radius 1 is 1.17 bits per heavy atom. The van der Waals surface area contributed by atoms with Gasteiger partial charge in [-0.2, -0.15) is 0 Å². The zero-order chi connectivity index (χ0) is 16.9. The molecule has 2 heterocycles. The van der Waals surface area contributed by atoms with Gasteiger partial charge in [0.05, 0.1) is 0 Å². The summed E-state index contributed by atoms with van der Waals surface area (Å²) >= 11 is 0. The summed E-state index contributed by atoms with van der Waals surface area (Å²) in [5, 5.41) is 2.81. The molecule has 0 aromatic heterocycles. The second kappa shape index (κ2) is 5.46. The molecule has 4 aliphatic rings. The van der Waals surface area contributed by atoms with Gasteiger partial charge in [-0.25, -0.2) is 4.79 Å². The van der Waals surface area contributed by atoms with Gasteiger partial charge in [0, 0.05) is 13.1 Å². The van der Waals surface area contributed by atoms with Crippen LogP contribution in [-0.2, 0) is 9.59 Å². The predicted octanol–water partition coefficient (Wildman–Crippen LogP) is 1.89. The van der Waals surface area contributed by atoms with Crippen molar-refractivity contribution in [1.29, 1.82) is 0 Å². The Balaban J connectivity index is 1.39. The average Bonchev–Trinajstić information content (AvgIpc) is 3.31. The monoisotopic (exact) mass is 333 g/mol. The molecule has 0 bridgehead atoms. The van der Waals surface area contributed by atoms with Gasteiger partial charge < -0.3 is 10.2 Å². The van der Waals surface area contributed by atoms with Crippen LogP contribution in [0.1, 0.15) is 58.3 Å². The van der Waals surface area contributed by atoms with Crippen LogP contribution in [0.5, 0.6) is 0 Å². The zero-order valence-electron chi connectivity index (χ0n) is 14.5. The largest absolute Gasteiger partial charge is 0.341 e. The van der Waals surface area contributed by atoms with Crippen molar-refractivity contribution >= 4 is 17.8 Å². The molecule has 24 heavy (non-hydrogen) atoms. The Morgan fingerprint density at radius 2 is 1.88 bits per heavy atom. The molecule has 132 valence electrons. The van der Waals surface area contributed by atoms with Gasteiger partial charge in [-0.05, 0) is 50.4 Å². The minimum absolute atomic E-state index is 0.0824. The van der Waals surface area contributed by atoms with Gasteiger partial charge in [0.15, 0.2) is 0 Å². The average molecular weight is 333 g/mol. The first-order chi connectivity index (χ1) is 11.4. The standard InChI is InChI=1S/C18H27N3O3/c1-17(13-5-6-13)15(23)21(16(24)19-17)11-14(22)20-10-9-18(12-20)7-3-2-4-8-18/h13H,2-12H2,1H3,(H,19,24). The Kier molecular flexibility index (Phi) is 3.62. The third-order valence-electron chi connectivity index (χ3n) is 6.69. The van der Waals surface area contributed by atoms with E-state index in [0.717, 1.165) is 37.3 Å². The summed E-state index contributed by atoms with van der Waals surface area (Å²) in [5.41, 5.74) is -0.499. The number of rotatable bonds is 3. The van der Waals surface area contributed by atoms with Crippen molar-refractivity contribution in [3.63, 3.8) is 0 Å². The van der Waals surface area contributed by atoms with Crippen molar-refractivity contribution in [2.45, 2.75) is 63.8 Å². The topological polar surface area (TPSA) is 69.7 Å². The molecule has 1 atom stereocenters. The van der Waals surface area contributed by atoms with E-state index in [0.29, 0.717) is 5.41 Å². The number of urea groups is 1. The van der Waals surface area contributed by atoms with E-state index in [-0.39, 0.29) is 24.3 Å². The molecule has 1 spiro atoms. The predicted molar refractivity (Wildman–Crippen MR) is 88.1 cm³/mol. The quantitative estimate of drug-likeness (QED) is 0.802. The van der Waals surface area contributed by atoms with Gasteiger partial charge in [0.2, 0.25) is 5.91 Å². The van der Waals surface area contributed by atoms with Gasteiger partial charge in [-0.15, -0.1) is 0 Å². The van der Waals surface area contributed by atoms with Crippen LogP contribution in [0.3, 0.4) is 0 Å². The fourth-order valence-corrected chi connectivity index (χ4v) is 4.89. The summed E-state index contributed by atoms with van der Waals surface area (Å²) in [7, 11) is 0. The molecular weight excluding hydrogens is 306 g/mol. The van der Waals surface area contributed by atoms with Crippen molar-refractivity contribution in [1.82, 2.24) is 15.1 Å². The minimum atomic E-state index is -0.799. The van der Waals surface area contributed by atoms with Gasteiger partial charge in [-0.3, -0.25) is 14.5 Å². The maximum absolute atomic E-state index is 12.7. The Bertz CT molecular complexity index is 580. The molecule has 4 fully saturated rings. The molecule has 0 aromatic rings. The first-order valence-electron chi connectivity index (χ1n) is 9.35. The number of carbonyl (C=O) groups excluding carboxylic acids is 3. The van der Waals surface area contributed by atoms with Gasteiger partial charge >= 0.3 is 6.03 Å². The van der Waals surface area contributed by atoms with Crippen LogP contribution in [0.4, 0.5) is 4.79 Å². The highest BCUT2D eigenvalue weighted by atomic mass is 16.2. The number of hydrogen-bond donors (Lipinski definition) is 1. The normalized spacial score (nSPS) is 32.5. The van der Waals surface area contributed by atoms with Crippen LogP contribution < -0.4 is 5.32 Å². The zero-order valence-corrected chi connectivity index (χ0v) is 14.5. The molecule has 0 aromatic carbocycles. The van der Waals surface area contributed by atoms with Gasteiger partial charge in [0.25, 0.3) is 5.91 Å². The van der Waals surface area contributed by atoms with Crippen molar-refractivity contribution in [2.24, 2.45) is 11.3 Å². The molecule has 0 radical (unpaired) electrons. The molecule has 6 nitrogen and oxygen atoms in total. The second-order valence-electron chi connectivity index (χ2n) is 8.42. The van der Waals surface area contributed by atoms with Crippen molar-refractivity contribution in [3.05, 3.63) is 0 Å². The summed E-state index contributed by atoms with van der Waals surface area (Å²) < 4.78 is 0. The summed E-state index contributed by atoms with van der Waals surface area (Å²) in [5.74, 6) is -0.0812. The van der Waals surface area contributed by atoms with E-state index >= 15 is 0 Å². The number of hydrogen-bond acceptors (Lipinski definition) is 3. The lowest BCUT2D eigenvalue weighted by atomic mass is 9.73. The minimum Gasteiger partial charge on any atom is -0.341 e. The lowest BCUT2D eigenvalue weighted by molar-refractivity contribution is -0.138. The van der Waals surface area contributed by atoms with E-state index in [1.54, 1.807) is 6.92 Å². The van der Waals surface area contributed by atoms with E-state index in [9.17, 15) is 14.4 Å². The van der Waals surface area contributed by atoms with E-state index in [2.05, 4.69) is 5.32 Å². The van der Waals surface area contributed by atoms with Crippen molar-refractivity contribution in [3.8, 4) is 0 Å².